The van der Waals surface area contributed by atoms with Gasteiger partial charge in [0.1, 0.15) is 0 Å². The molecule has 0 atom stereocenters. The number of halogens is 1. The molecule has 0 aromatic heterocycles. The number of benzene rings is 1. The molecule has 1 aromatic rings. The Morgan fingerprint density at radius 2 is 1.94 bits per heavy atom. The fraction of sp³-hybridized carbons (Fsp3) is 0.500. The molecule has 0 aliphatic carbocycles. The molecule has 0 bridgehead atoms. The summed E-state index contributed by atoms with van der Waals surface area (Å²) in [5.74, 6) is 0. The van der Waals surface area contributed by atoms with Gasteiger partial charge >= 0.3 is 0 Å². The molecule has 18 heavy (non-hydrogen) atoms. The van der Waals surface area contributed by atoms with Crippen molar-refractivity contribution in [2.45, 2.75) is 38.3 Å². The zero-order valence-corrected chi connectivity index (χ0v) is 13.5. The lowest BCUT2D eigenvalue weighted by Gasteiger charge is -2.22. The van der Waals surface area contributed by atoms with Crippen molar-refractivity contribution >= 4 is 26.0 Å². The molecule has 0 aliphatic heterocycles. The third-order valence-electron chi connectivity index (χ3n) is 2.90. The summed E-state index contributed by atoms with van der Waals surface area (Å²) in [6, 6.07) is 3.42. The summed E-state index contributed by atoms with van der Waals surface area (Å²) in [7, 11) is -1.91. The maximum absolute atomic E-state index is 12.5. The van der Waals surface area contributed by atoms with E-state index in [1.165, 1.54) is 4.31 Å². The lowest BCUT2D eigenvalue weighted by molar-refractivity contribution is 0.410. The van der Waals surface area contributed by atoms with Gasteiger partial charge in [0, 0.05) is 24.1 Å². The predicted molar refractivity (Wildman–Crippen MR) is 76.9 cm³/mol. The largest absolute Gasteiger partial charge is 0.326 e. The average molecular weight is 335 g/mol. The van der Waals surface area contributed by atoms with E-state index in [1.54, 1.807) is 13.1 Å². The van der Waals surface area contributed by atoms with Crippen LogP contribution in [0.5, 0.6) is 0 Å². The summed E-state index contributed by atoms with van der Waals surface area (Å²) in [4.78, 5) is 0.277. The summed E-state index contributed by atoms with van der Waals surface area (Å²) >= 11 is 3.35. The topological polar surface area (TPSA) is 63.4 Å². The van der Waals surface area contributed by atoms with Gasteiger partial charge in [0.2, 0.25) is 10.0 Å². The van der Waals surface area contributed by atoms with Crippen molar-refractivity contribution in [2.75, 3.05) is 7.05 Å². The molecule has 0 spiro atoms. The lowest BCUT2D eigenvalue weighted by Crippen LogP contribution is -2.33. The second-order valence-electron chi connectivity index (χ2n) is 4.54. The third-order valence-corrected chi connectivity index (χ3v) is 6.27. The van der Waals surface area contributed by atoms with Crippen LogP contribution in [0.15, 0.2) is 21.5 Å². The fourth-order valence-electron chi connectivity index (χ4n) is 1.55. The molecule has 4 nitrogen and oxygen atoms in total. The van der Waals surface area contributed by atoms with Crippen LogP contribution in [0, 0.1) is 6.92 Å². The van der Waals surface area contributed by atoms with Gasteiger partial charge in [-0.05, 0) is 53.9 Å². The molecule has 0 aliphatic rings. The van der Waals surface area contributed by atoms with E-state index in [-0.39, 0.29) is 10.9 Å². The molecule has 2 N–H and O–H groups in total. The quantitative estimate of drug-likeness (QED) is 0.918. The van der Waals surface area contributed by atoms with Crippen LogP contribution in [0.1, 0.15) is 25.0 Å². The smallest absolute Gasteiger partial charge is 0.244 e. The molecule has 0 fully saturated rings. The minimum atomic E-state index is -3.49. The van der Waals surface area contributed by atoms with E-state index in [0.717, 1.165) is 11.1 Å². The van der Waals surface area contributed by atoms with Crippen LogP contribution in [0.4, 0.5) is 0 Å². The molecule has 0 saturated heterocycles. The summed E-state index contributed by atoms with van der Waals surface area (Å²) in [6.07, 6.45) is 0. The van der Waals surface area contributed by atoms with Gasteiger partial charge in [-0.3, -0.25) is 0 Å². The molecular formula is C12H19BrN2O2S. The molecule has 1 rings (SSSR count). The molecule has 0 radical (unpaired) electrons. The van der Waals surface area contributed by atoms with Crippen molar-refractivity contribution in [1.29, 1.82) is 0 Å². The van der Waals surface area contributed by atoms with E-state index < -0.39 is 10.0 Å². The van der Waals surface area contributed by atoms with Gasteiger partial charge in [-0.15, -0.1) is 0 Å². The van der Waals surface area contributed by atoms with E-state index in [0.29, 0.717) is 11.0 Å². The van der Waals surface area contributed by atoms with E-state index in [1.807, 2.05) is 26.8 Å². The predicted octanol–water partition coefficient (Wildman–Crippen LogP) is 2.25. The summed E-state index contributed by atoms with van der Waals surface area (Å²) in [6.45, 7) is 5.86. The first-order valence-electron chi connectivity index (χ1n) is 5.69. The number of sulfonamides is 1. The van der Waals surface area contributed by atoms with Crippen LogP contribution in [0.25, 0.3) is 0 Å². The molecule has 0 unspecified atom stereocenters. The molecule has 1 aromatic carbocycles. The first-order chi connectivity index (χ1) is 8.21. The van der Waals surface area contributed by atoms with Crippen molar-refractivity contribution in [3.8, 4) is 0 Å². The van der Waals surface area contributed by atoms with Crippen LogP contribution in [-0.2, 0) is 16.6 Å². The number of nitrogens with zero attached hydrogens (tertiary/aromatic N) is 1. The number of hydrogen-bond acceptors (Lipinski definition) is 3. The zero-order chi connectivity index (χ0) is 14.1. The molecule has 0 heterocycles. The van der Waals surface area contributed by atoms with Crippen LogP contribution >= 0.6 is 15.9 Å². The molecule has 6 heteroatoms. The highest BCUT2D eigenvalue weighted by atomic mass is 79.9. The van der Waals surface area contributed by atoms with E-state index in [2.05, 4.69) is 15.9 Å². The van der Waals surface area contributed by atoms with Gasteiger partial charge in [-0.1, -0.05) is 6.07 Å². The molecule has 0 amide bonds. The number of hydrogen-bond donors (Lipinski definition) is 1. The van der Waals surface area contributed by atoms with Crippen molar-refractivity contribution in [1.82, 2.24) is 4.31 Å². The summed E-state index contributed by atoms with van der Waals surface area (Å²) in [5, 5.41) is 0. The number of nitrogens with two attached hydrogens (primary N) is 1. The zero-order valence-electron chi connectivity index (χ0n) is 11.1. The Labute approximate surface area is 117 Å². The first kappa shape index (κ1) is 15.6. The number of rotatable bonds is 4. The highest BCUT2D eigenvalue weighted by Crippen LogP contribution is 2.29. The molecule has 102 valence electrons. The fourth-order valence-corrected chi connectivity index (χ4v) is 3.94. The Morgan fingerprint density at radius 1 is 1.39 bits per heavy atom. The van der Waals surface area contributed by atoms with Gasteiger partial charge in [-0.25, -0.2) is 8.42 Å². The highest BCUT2D eigenvalue weighted by molar-refractivity contribution is 9.10. The van der Waals surface area contributed by atoms with Crippen LogP contribution in [-0.4, -0.2) is 25.8 Å². The van der Waals surface area contributed by atoms with Gasteiger partial charge in [-0.2, -0.15) is 4.31 Å². The summed E-state index contributed by atoms with van der Waals surface area (Å²) in [5.41, 5.74) is 7.27. The van der Waals surface area contributed by atoms with Crippen LogP contribution in [0.2, 0.25) is 0 Å². The first-order valence-corrected chi connectivity index (χ1v) is 7.92. The minimum Gasteiger partial charge on any atom is -0.326 e. The lowest BCUT2D eigenvalue weighted by atomic mass is 10.1. The van der Waals surface area contributed by atoms with E-state index in [4.69, 9.17) is 5.73 Å². The Balaban J connectivity index is 3.45. The van der Waals surface area contributed by atoms with E-state index >= 15 is 0 Å². The van der Waals surface area contributed by atoms with Gasteiger partial charge in [0.25, 0.3) is 0 Å². The van der Waals surface area contributed by atoms with Crippen molar-refractivity contribution in [3.05, 3.63) is 27.7 Å². The Morgan fingerprint density at radius 3 is 2.39 bits per heavy atom. The second-order valence-corrected chi connectivity index (χ2v) is 7.30. The normalized spacial score (nSPS) is 12.4. The van der Waals surface area contributed by atoms with Gasteiger partial charge in [0.05, 0.1) is 4.90 Å². The van der Waals surface area contributed by atoms with Crippen molar-refractivity contribution in [3.63, 3.8) is 0 Å². The SMILES string of the molecule is Cc1cc(CN)cc(S(=O)(=O)N(C)C(C)C)c1Br. The van der Waals surface area contributed by atoms with Crippen molar-refractivity contribution < 1.29 is 8.42 Å². The minimum absolute atomic E-state index is 0.0938. The standard InChI is InChI=1S/C12H19BrN2O2S/c1-8(2)15(4)18(16,17)11-6-10(7-14)5-9(3)12(11)13/h5-6,8H,7,14H2,1-4H3. The molecular weight excluding hydrogens is 316 g/mol. The molecule has 0 saturated carbocycles. The van der Waals surface area contributed by atoms with Gasteiger partial charge < -0.3 is 5.73 Å². The third kappa shape index (κ3) is 2.93. The maximum atomic E-state index is 12.5. The number of aryl methyl sites for hydroxylation is 1. The van der Waals surface area contributed by atoms with Crippen LogP contribution in [0.3, 0.4) is 0 Å². The maximum Gasteiger partial charge on any atom is 0.244 e. The highest BCUT2D eigenvalue weighted by Gasteiger charge is 2.26. The van der Waals surface area contributed by atoms with Gasteiger partial charge in [0.15, 0.2) is 0 Å². The van der Waals surface area contributed by atoms with E-state index in [9.17, 15) is 8.42 Å². The Kier molecular flexibility index (Phi) is 4.94. The monoisotopic (exact) mass is 334 g/mol. The Bertz CT molecular complexity index is 541. The van der Waals surface area contributed by atoms with Crippen molar-refractivity contribution in [2.24, 2.45) is 5.73 Å². The Hall–Kier alpha value is -0.430. The average Bonchev–Trinajstić information content (AvgIpc) is 2.30. The van der Waals surface area contributed by atoms with Crippen LogP contribution < -0.4 is 5.73 Å². The summed E-state index contributed by atoms with van der Waals surface area (Å²) < 4.78 is 26.9. The second kappa shape index (κ2) is 5.69.